The van der Waals surface area contributed by atoms with E-state index in [4.69, 9.17) is 13.9 Å². The number of ether oxygens (including phenoxy) is 2. The third kappa shape index (κ3) is 4.86. The summed E-state index contributed by atoms with van der Waals surface area (Å²) < 4.78 is 16.6. The number of aryl methyl sites for hydroxylation is 1. The van der Waals surface area contributed by atoms with Crippen molar-refractivity contribution in [3.8, 4) is 17.2 Å². The van der Waals surface area contributed by atoms with Crippen LogP contribution in [-0.2, 0) is 17.6 Å². The molecular formula is C25H24N2O4. The van der Waals surface area contributed by atoms with E-state index in [1.54, 1.807) is 6.20 Å². The highest BCUT2D eigenvalue weighted by molar-refractivity contribution is 5.90. The maximum absolute atomic E-state index is 11.9. The van der Waals surface area contributed by atoms with Gasteiger partial charge in [0.25, 0.3) is 0 Å². The summed E-state index contributed by atoms with van der Waals surface area (Å²) in [5.74, 6) is 1.86. The molecule has 0 aliphatic carbocycles. The topological polar surface area (TPSA) is 77.4 Å². The van der Waals surface area contributed by atoms with E-state index in [0.717, 1.165) is 33.9 Å². The zero-order valence-corrected chi connectivity index (χ0v) is 17.6. The summed E-state index contributed by atoms with van der Waals surface area (Å²) in [7, 11) is 1.38. The zero-order valence-electron chi connectivity index (χ0n) is 17.6. The van der Waals surface area contributed by atoms with Crippen LogP contribution >= 0.6 is 0 Å². The van der Waals surface area contributed by atoms with E-state index in [9.17, 15) is 4.79 Å². The van der Waals surface area contributed by atoms with Crippen molar-refractivity contribution in [2.45, 2.75) is 19.8 Å². The molecule has 1 N–H and O–H groups in total. The normalized spacial score (nSPS) is 10.8. The fraction of sp³-hybridized carbons (Fsp3) is 0.200. The summed E-state index contributed by atoms with van der Waals surface area (Å²) in [6, 6.07) is 17.7. The van der Waals surface area contributed by atoms with Gasteiger partial charge in [-0.3, -0.25) is 0 Å². The number of oxazole rings is 1. The largest absolute Gasteiger partial charge is 0.493 e. The smallest absolute Gasteiger partial charge is 0.339 e. The predicted molar refractivity (Wildman–Crippen MR) is 117 cm³/mol. The molecule has 31 heavy (non-hydrogen) atoms. The number of hydrogen-bond donors (Lipinski definition) is 1. The predicted octanol–water partition coefficient (Wildman–Crippen LogP) is 4.98. The first-order valence-corrected chi connectivity index (χ1v) is 10.1. The van der Waals surface area contributed by atoms with Crippen LogP contribution in [0.4, 0.5) is 0 Å². The van der Waals surface area contributed by atoms with E-state index in [0.29, 0.717) is 30.9 Å². The van der Waals surface area contributed by atoms with Gasteiger partial charge in [-0.05, 0) is 48.7 Å². The van der Waals surface area contributed by atoms with Crippen LogP contribution in [0.25, 0.3) is 11.5 Å². The Balaban J connectivity index is 1.38. The van der Waals surface area contributed by atoms with Gasteiger partial charge in [0.05, 0.1) is 25.0 Å². The lowest BCUT2D eigenvalue weighted by molar-refractivity contribution is 0.0600. The third-order valence-electron chi connectivity index (χ3n) is 5.05. The molecule has 0 fully saturated rings. The number of aromatic nitrogens is 2. The van der Waals surface area contributed by atoms with Gasteiger partial charge >= 0.3 is 5.97 Å². The van der Waals surface area contributed by atoms with Gasteiger partial charge in [-0.2, -0.15) is 0 Å². The number of esters is 1. The Labute approximate surface area is 180 Å². The lowest BCUT2D eigenvalue weighted by Crippen LogP contribution is -2.04. The molecule has 2 heterocycles. The van der Waals surface area contributed by atoms with Crippen LogP contribution < -0.4 is 4.74 Å². The molecule has 0 radical (unpaired) electrons. The molecule has 0 unspecified atom stereocenters. The molecule has 2 aromatic carbocycles. The second-order valence-corrected chi connectivity index (χ2v) is 7.20. The number of nitrogens with one attached hydrogen (secondary N) is 1. The molecule has 0 amide bonds. The van der Waals surface area contributed by atoms with Crippen molar-refractivity contribution < 1.29 is 18.7 Å². The van der Waals surface area contributed by atoms with Crippen LogP contribution in [0.2, 0.25) is 0 Å². The lowest BCUT2D eigenvalue weighted by atomic mass is 10.0. The number of benzene rings is 2. The van der Waals surface area contributed by atoms with Gasteiger partial charge in [0, 0.05) is 24.4 Å². The van der Waals surface area contributed by atoms with Crippen LogP contribution in [-0.4, -0.2) is 29.7 Å². The van der Waals surface area contributed by atoms with Gasteiger partial charge in [0.2, 0.25) is 5.89 Å². The van der Waals surface area contributed by atoms with Crippen molar-refractivity contribution in [3.05, 3.63) is 95.1 Å². The average molecular weight is 416 g/mol. The van der Waals surface area contributed by atoms with Gasteiger partial charge in [-0.25, -0.2) is 9.78 Å². The zero-order chi connectivity index (χ0) is 21.6. The maximum atomic E-state index is 11.9. The molecule has 0 atom stereocenters. The van der Waals surface area contributed by atoms with Crippen LogP contribution in [0.15, 0.2) is 71.4 Å². The molecule has 0 spiro atoms. The van der Waals surface area contributed by atoms with Gasteiger partial charge in [0.1, 0.15) is 11.5 Å². The van der Waals surface area contributed by atoms with Crippen LogP contribution in [0.5, 0.6) is 5.75 Å². The van der Waals surface area contributed by atoms with Gasteiger partial charge < -0.3 is 18.9 Å². The van der Waals surface area contributed by atoms with E-state index >= 15 is 0 Å². The Morgan fingerprint density at radius 2 is 1.94 bits per heavy atom. The minimum atomic E-state index is -0.346. The Bertz CT molecular complexity index is 1160. The van der Waals surface area contributed by atoms with Gasteiger partial charge in [-0.15, -0.1) is 0 Å². The van der Waals surface area contributed by atoms with E-state index < -0.39 is 0 Å². The number of carbonyl (C=O) groups excluding carboxylic acids is 1. The number of aromatic amines is 1. The Hall–Kier alpha value is -3.80. The summed E-state index contributed by atoms with van der Waals surface area (Å²) in [6.07, 6.45) is 4.73. The molecule has 0 saturated heterocycles. The molecule has 6 nitrogen and oxygen atoms in total. The molecule has 0 aliphatic rings. The first kappa shape index (κ1) is 20.5. The Morgan fingerprint density at radius 3 is 2.74 bits per heavy atom. The number of methoxy groups -OCH3 is 1. The van der Waals surface area contributed by atoms with E-state index in [1.807, 2.05) is 67.7 Å². The average Bonchev–Trinajstić information content (AvgIpc) is 3.41. The molecule has 4 aromatic rings. The Kier molecular flexibility index (Phi) is 6.17. The third-order valence-corrected chi connectivity index (χ3v) is 5.05. The summed E-state index contributed by atoms with van der Waals surface area (Å²) in [6.45, 7) is 2.41. The number of carbonyl (C=O) groups is 1. The molecule has 2 aromatic heterocycles. The molecule has 0 aliphatic heterocycles. The number of rotatable bonds is 8. The SMILES string of the molecule is COC(=O)c1c[nH]cc1Cc1cccc(OCCc2nc(-c3ccccc3)oc2C)c1. The van der Waals surface area contributed by atoms with E-state index in [2.05, 4.69) is 9.97 Å². The summed E-state index contributed by atoms with van der Waals surface area (Å²) in [5.41, 5.74) is 4.33. The van der Waals surface area contributed by atoms with Crippen molar-refractivity contribution in [2.24, 2.45) is 0 Å². The van der Waals surface area contributed by atoms with Gasteiger partial charge in [0.15, 0.2) is 0 Å². The molecule has 0 bridgehead atoms. The highest BCUT2D eigenvalue weighted by atomic mass is 16.5. The standard InChI is InChI=1S/C25H24N2O4/c1-17-23(27-24(31-17)19-8-4-3-5-9-19)11-12-30-21-10-6-7-18(14-21)13-20-15-26-16-22(20)25(28)29-2/h3-10,14-16,26H,11-13H2,1-2H3. The Morgan fingerprint density at radius 1 is 1.10 bits per heavy atom. The van der Waals surface area contributed by atoms with Crippen LogP contribution in [0.1, 0.15) is 32.9 Å². The fourth-order valence-corrected chi connectivity index (χ4v) is 3.44. The van der Waals surface area contributed by atoms with Crippen LogP contribution in [0.3, 0.4) is 0 Å². The van der Waals surface area contributed by atoms with Crippen molar-refractivity contribution in [3.63, 3.8) is 0 Å². The molecule has 0 saturated carbocycles. The number of H-pyrrole nitrogens is 1. The maximum Gasteiger partial charge on any atom is 0.339 e. The second kappa shape index (κ2) is 9.34. The molecular weight excluding hydrogens is 392 g/mol. The monoisotopic (exact) mass is 416 g/mol. The molecule has 4 rings (SSSR count). The number of hydrogen-bond acceptors (Lipinski definition) is 5. The number of nitrogens with zero attached hydrogens (tertiary/aromatic N) is 1. The molecule has 158 valence electrons. The van der Waals surface area contributed by atoms with Crippen LogP contribution in [0, 0.1) is 6.92 Å². The van der Waals surface area contributed by atoms with Gasteiger partial charge in [-0.1, -0.05) is 30.3 Å². The second-order valence-electron chi connectivity index (χ2n) is 7.20. The van der Waals surface area contributed by atoms with E-state index in [1.165, 1.54) is 7.11 Å². The summed E-state index contributed by atoms with van der Waals surface area (Å²) >= 11 is 0. The fourth-order valence-electron chi connectivity index (χ4n) is 3.44. The highest BCUT2D eigenvalue weighted by Crippen LogP contribution is 2.23. The lowest BCUT2D eigenvalue weighted by Gasteiger charge is -2.08. The summed E-state index contributed by atoms with van der Waals surface area (Å²) in [4.78, 5) is 19.5. The van der Waals surface area contributed by atoms with Crippen molar-refractivity contribution in [1.29, 1.82) is 0 Å². The first-order valence-electron chi connectivity index (χ1n) is 10.1. The minimum absolute atomic E-state index is 0.346. The highest BCUT2D eigenvalue weighted by Gasteiger charge is 2.14. The summed E-state index contributed by atoms with van der Waals surface area (Å²) in [5, 5.41) is 0. The van der Waals surface area contributed by atoms with Crippen molar-refractivity contribution in [2.75, 3.05) is 13.7 Å². The van der Waals surface area contributed by atoms with E-state index in [-0.39, 0.29) is 5.97 Å². The van der Waals surface area contributed by atoms with Crippen molar-refractivity contribution >= 4 is 5.97 Å². The van der Waals surface area contributed by atoms with Crippen molar-refractivity contribution in [1.82, 2.24) is 9.97 Å². The molecule has 6 heteroatoms. The minimum Gasteiger partial charge on any atom is -0.493 e. The quantitative estimate of drug-likeness (QED) is 0.410. The first-order chi connectivity index (χ1) is 15.1.